The van der Waals surface area contributed by atoms with E-state index >= 15 is 0 Å². The van der Waals surface area contributed by atoms with Crippen molar-refractivity contribution < 1.29 is 14.3 Å². The van der Waals surface area contributed by atoms with Crippen molar-refractivity contribution in [3.05, 3.63) is 54.1 Å². The molecule has 126 valence electrons. The molecule has 0 atom stereocenters. The molecule has 0 aliphatic carbocycles. The molecular formula is C18H20N2O3S. The Kier molecular flexibility index (Phi) is 6.26. The lowest BCUT2D eigenvalue weighted by atomic mass is 10.2. The minimum Gasteiger partial charge on any atom is -0.497 e. The quantitative estimate of drug-likeness (QED) is 0.818. The SMILES string of the molecule is COc1ccc(C(=O)N(C)CC(=O)Nc2ccccc2SC)cc1. The summed E-state index contributed by atoms with van der Waals surface area (Å²) in [5, 5.41) is 2.84. The first-order valence-electron chi connectivity index (χ1n) is 7.37. The molecule has 0 aliphatic rings. The molecule has 1 N–H and O–H groups in total. The minimum absolute atomic E-state index is 0.0203. The maximum absolute atomic E-state index is 12.4. The minimum atomic E-state index is -0.235. The van der Waals surface area contributed by atoms with Gasteiger partial charge in [-0.15, -0.1) is 11.8 Å². The topological polar surface area (TPSA) is 58.6 Å². The van der Waals surface area contributed by atoms with Gasteiger partial charge in [0.05, 0.1) is 19.3 Å². The maximum Gasteiger partial charge on any atom is 0.254 e. The first kappa shape index (κ1) is 17.9. The molecule has 2 aromatic rings. The molecule has 6 heteroatoms. The lowest BCUT2D eigenvalue weighted by molar-refractivity contribution is -0.116. The number of likely N-dealkylation sites (N-methyl/N-ethyl adjacent to an activating group) is 1. The molecule has 0 radical (unpaired) electrons. The number of para-hydroxylation sites is 1. The Labute approximate surface area is 146 Å². The van der Waals surface area contributed by atoms with Crippen molar-refractivity contribution in [2.45, 2.75) is 4.90 Å². The number of nitrogens with zero attached hydrogens (tertiary/aromatic N) is 1. The lowest BCUT2D eigenvalue weighted by Gasteiger charge is -2.17. The number of benzene rings is 2. The highest BCUT2D eigenvalue weighted by atomic mass is 32.2. The van der Waals surface area contributed by atoms with Crippen LogP contribution >= 0.6 is 11.8 Å². The maximum atomic E-state index is 12.4. The molecule has 24 heavy (non-hydrogen) atoms. The first-order valence-corrected chi connectivity index (χ1v) is 8.60. The summed E-state index contributed by atoms with van der Waals surface area (Å²) < 4.78 is 5.07. The van der Waals surface area contributed by atoms with Crippen molar-refractivity contribution in [1.29, 1.82) is 0 Å². The van der Waals surface area contributed by atoms with Gasteiger partial charge in [-0.05, 0) is 42.7 Å². The molecule has 5 nitrogen and oxygen atoms in total. The van der Waals surface area contributed by atoms with Crippen LogP contribution in [0.5, 0.6) is 5.75 Å². The van der Waals surface area contributed by atoms with E-state index in [4.69, 9.17) is 4.74 Å². The van der Waals surface area contributed by atoms with Gasteiger partial charge in [-0.2, -0.15) is 0 Å². The van der Waals surface area contributed by atoms with Gasteiger partial charge in [-0.25, -0.2) is 0 Å². The van der Waals surface area contributed by atoms with Crippen molar-refractivity contribution in [1.82, 2.24) is 4.90 Å². The van der Waals surface area contributed by atoms with Crippen molar-refractivity contribution >= 4 is 29.3 Å². The van der Waals surface area contributed by atoms with Crippen LogP contribution in [0.2, 0.25) is 0 Å². The zero-order valence-electron chi connectivity index (χ0n) is 13.9. The zero-order chi connectivity index (χ0) is 17.5. The normalized spacial score (nSPS) is 10.1. The molecule has 0 saturated heterocycles. The van der Waals surface area contributed by atoms with Gasteiger partial charge in [0.1, 0.15) is 5.75 Å². The fourth-order valence-electron chi connectivity index (χ4n) is 2.18. The summed E-state index contributed by atoms with van der Waals surface area (Å²) in [6.45, 7) is -0.0203. The highest BCUT2D eigenvalue weighted by molar-refractivity contribution is 7.98. The van der Waals surface area contributed by atoms with Crippen molar-refractivity contribution in [3.63, 3.8) is 0 Å². The summed E-state index contributed by atoms with van der Waals surface area (Å²) in [7, 11) is 3.17. The van der Waals surface area contributed by atoms with E-state index in [0.29, 0.717) is 11.3 Å². The zero-order valence-corrected chi connectivity index (χ0v) is 14.7. The first-order chi connectivity index (χ1) is 11.5. The second kappa shape index (κ2) is 8.40. The number of amides is 2. The summed E-state index contributed by atoms with van der Waals surface area (Å²) in [4.78, 5) is 26.9. The van der Waals surface area contributed by atoms with Crippen molar-refractivity contribution in [3.8, 4) is 5.75 Å². The number of carbonyl (C=O) groups is 2. The van der Waals surface area contributed by atoms with Crippen LogP contribution in [0.15, 0.2) is 53.4 Å². The number of hydrogen-bond donors (Lipinski definition) is 1. The summed E-state index contributed by atoms with van der Waals surface area (Å²) in [6.07, 6.45) is 1.95. The molecule has 0 aliphatic heterocycles. The third kappa shape index (κ3) is 4.52. The van der Waals surface area contributed by atoms with Gasteiger partial charge < -0.3 is 15.0 Å². The van der Waals surface area contributed by atoms with Crippen LogP contribution in [0.3, 0.4) is 0 Å². The van der Waals surface area contributed by atoms with Gasteiger partial charge in [0, 0.05) is 17.5 Å². The predicted molar refractivity (Wildman–Crippen MR) is 96.8 cm³/mol. The molecule has 0 aromatic heterocycles. The molecule has 0 unspecified atom stereocenters. The number of nitrogens with one attached hydrogen (secondary N) is 1. The van der Waals surface area contributed by atoms with Gasteiger partial charge in [0.25, 0.3) is 5.91 Å². The third-order valence-electron chi connectivity index (χ3n) is 3.45. The highest BCUT2D eigenvalue weighted by Gasteiger charge is 2.15. The molecule has 0 saturated carbocycles. The van der Waals surface area contributed by atoms with Crippen LogP contribution in [0.1, 0.15) is 10.4 Å². The molecule has 0 spiro atoms. The lowest BCUT2D eigenvalue weighted by Crippen LogP contribution is -2.35. The number of carbonyl (C=O) groups excluding carboxylic acids is 2. The number of thioether (sulfide) groups is 1. The standard InChI is InChI=1S/C18H20N2O3S/c1-20(18(22)13-8-10-14(23-2)11-9-13)12-17(21)19-15-6-4-5-7-16(15)24-3/h4-11H,12H2,1-3H3,(H,19,21). The molecule has 2 rings (SSSR count). The van der Waals surface area contributed by atoms with Crippen LogP contribution < -0.4 is 10.1 Å². The Morgan fingerprint density at radius 1 is 1.12 bits per heavy atom. The second-order valence-corrected chi connectivity index (χ2v) is 5.99. The Morgan fingerprint density at radius 3 is 2.42 bits per heavy atom. The van der Waals surface area contributed by atoms with Gasteiger partial charge in [-0.3, -0.25) is 9.59 Å². The van der Waals surface area contributed by atoms with Crippen molar-refractivity contribution in [2.75, 3.05) is 32.3 Å². The van der Waals surface area contributed by atoms with E-state index in [-0.39, 0.29) is 18.4 Å². The Balaban J connectivity index is 1.98. The summed E-state index contributed by atoms with van der Waals surface area (Å²) in [5.41, 5.74) is 1.26. The van der Waals surface area contributed by atoms with Gasteiger partial charge >= 0.3 is 0 Å². The van der Waals surface area contributed by atoms with Crippen LogP contribution in [-0.4, -0.2) is 43.7 Å². The number of hydrogen-bond acceptors (Lipinski definition) is 4. The predicted octanol–water partition coefficient (Wildman–Crippen LogP) is 3.13. The molecule has 0 bridgehead atoms. The van der Waals surface area contributed by atoms with E-state index in [2.05, 4.69) is 5.32 Å². The van der Waals surface area contributed by atoms with Crippen LogP contribution in [0.25, 0.3) is 0 Å². The smallest absolute Gasteiger partial charge is 0.254 e. The highest BCUT2D eigenvalue weighted by Crippen LogP contribution is 2.24. The molecule has 2 aromatic carbocycles. The molecular weight excluding hydrogens is 324 g/mol. The Bertz CT molecular complexity index is 716. The number of methoxy groups -OCH3 is 1. The van der Waals surface area contributed by atoms with E-state index in [9.17, 15) is 9.59 Å². The monoisotopic (exact) mass is 344 g/mol. The molecule has 0 fully saturated rings. The van der Waals surface area contributed by atoms with Crippen molar-refractivity contribution in [2.24, 2.45) is 0 Å². The average molecular weight is 344 g/mol. The summed E-state index contributed by atoms with van der Waals surface area (Å²) in [5.74, 6) is 0.229. The van der Waals surface area contributed by atoms with E-state index in [1.807, 2.05) is 30.5 Å². The number of anilines is 1. The van der Waals surface area contributed by atoms with Crippen LogP contribution in [-0.2, 0) is 4.79 Å². The van der Waals surface area contributed by atoms with E-state index in [1.54, 1.807) is 50.2 Å². The van der Waals surface area contributed by atoms with E-state index < -0.39 is 0 Å². The summed E-state index contributed by atoms with van der Waals surface area (Å²) in [6, 6.07) is 14.4. The fraction of sp³-hybridized carbons (Fsp3) is 0.222. The Hall–Kier alpha value is -2.47. The van der Waals surface area contributed by atoms with E-state index in [0.717, 1.165) is 10.6 Å². The third-order valence-corrected chi connectivity index (χ3v) is 4.24. The van der Waals surface area contributed by atoms with Gasteiger partial charge in [0.15, 0.2) is 0 Å². The number of ether oxygens (including phenoxy) is 1. The summed E-state index contributed by atoms with van der Waals surface area (Å²) >= 11 is 1.56. The van der Waals surface area contributed by atoms with E-state index in [1.165, 1.54) is 4.90 Å². The largest absolute Gasteiger partial charge is 0.497 e. The Morgan fingerprint density at radius 2 is 1.79 bits per heavy atom. The molecule has 0 heterocycles. The second-order valence-electron chi connectivity index (χ2n) is 5.14. The molecule has 2 amide bonds. The van der Waals surface area contributed by atoms with Gasteiger partial charge in [0.2, 0.25) is 5.91 Å². The van der Waals surface area contributed by atoms with Gasteiger partial charge in [-0.1, -0.05) is 12.1 Å². The van der Waals surface area contributed by atoms with Crippen LogP contribution in [0.4, 0.5) is 5.69 Å². The average Bonchev–Trinajstić information content (AvgIpc) is 2.61. The number of rotatable bonds is 6. The van der Waals surface area contributed by atoms with Crippen LogP contribution in [0, 0.1) is 0 Å². The fourth-order valence-corrected chi connectivity index (χ4v) is 2.73.